The van der Waals surface area contributed by atoms with E-state index >= 15 is 0 Å². The van der Waals surface area contributed by atoms with Gasteiger partial charge in [0.05, 0.1) is 6.61 Å². The van der Waals surface area contributed by atoms with Gasteiger partial charge in [-0.25, -0.2) is 13.8 Å². The van der Waals surface area contributed by atoms with E-state index in [9.17, 15) is 8.78 Å². The molecule has 0 spiro atoms. The SMILES string of the molecule is Nc1nc(CCOCC(F)F)nc(C2CC2)n1. The number of hydrogen-bond donors (Lipinski definition) is 1. The summed E-state index contributed by atoms with van der Waals surface area (Å²) >= 11 is 0. The normalized spacial score (nSPS) is 15.5. The van der Waals surface area contributed by atoms with Crippen molar-refractivity contribution in [2.24, 2.45) is 0 Å². The molecule has 2 N–H and O–H groups in total. The summed E-state index contributed by atoms with van der Waals surface area (Å²) in [7, 11) is 0. The lowest BCUT2D eigenvalue weighted by atomic mass is 10.3. The van der Waals surface area contributed by atoms with Crippen molar-refractivity contribution >= 4 is 5.95 Å². The number of aromatic nitrogens is 3. The third kappa shape index (κ3) is 3.85. The third-order valence-corrected chi connectivity index (χ3v) is 2.37. The van der Waals surface area contributed by atoms with Crippen LogP contribution in [-0.2, 0) is 11.2 Å². The van der Waals surface area contributed by atoms with Crippen LogP contribution >= 0.6 is 0 Å². The Morgan fingerprint density at radius 1 is 1.29 bits per heavy atom. The van der Waals surface area contributed by atoms with Gasteiger partial charge in [-0.3, -0.25) is 0 Å². The minimum atomic E-state index is -2.44. The average molecular weight is 244 g/mol. The minimum Gasteiger partial charge on any atom is -0.375 e. The first kappa shape index (κ1) is 12.1. The molecule has 0 aromatic carbocycles. The smallest absolute Gasteiger partial charge is 0.261 e. The summed E-state index contributed by atoms with van der Waals surface area (Å²) in [4.78, 5) is 12.2. The molecular formula is C10H14F2N4O. The quantitative estimate of drug-likeness (QED) is 0.760. The molecule has 17 heavy (non-hydrogen) atoms. The van der Waals surface area contributed by atoms with Crippen molar-refractivity contribution in [2.45, 2.75) is 31.6 Å². The van der Waals surface area contributed by atoms with Gasteiger partial charge >= 0.3 is 0 Å². The molecule has 1 aliphatic rings. The maximum atomic E-state index is 11.8. The Bertz CT molecular complexity index is 385. The molecule has 0 atom stereocenters. The van der Waals surface area contributed by atoms with Gasteiger partial charge < -0.3 is 10.5 Å². The van der Waals surface area contributed by atoms with E-state index in [1.807, 2.05) is 0 Å². The van der Waals surface area contributed by atoms with Crippen LogP contribution in [0.25, 0.3) is 0 Å². The minimum absolute atomic E-state index is 0.165. The highest BCUT2D eigenvalue weighted by atomic mass is 19.3. The Balaban J connectivity index is 1.87. The van der Waals surface area contributed by atoms with Gasteiger partial charge in [-0.2, -0.15) is 9.97 Å². The lowest BCUT2D eigenvalue weighted by Crippen LogP contribution is -2.11. The number of anilines is 1. The average Bonchev–Trinajstić information content (AvgIpc) is 3.07. The number of halogens is 2. The molecule has 7 heteroatoms. The highest BCUT2D eigenvalue weighted by Gasteiger charge is 2.27. The number of alkyl halides is 2. The van der Waals surface area contributed by atoms with Crippen LogP contribution in [0.1, 0.15) is 30.4 Å². The highest BCUT2D eigenvalue weighted by molar-refractivity contribution is 5.19. The molecule has 1 saturated carbocycles. The maximum absolute atomic E-state index is 11.8. The van der Waals surface area contributed by atoms with Crippen LogP contribution in [0.3, 0.4) is 0 Å². The van der Waals surface area contributed by atoms with E-state index in [0.29, 0.717) is 24.0 Å². The van der Waals surface area contributed by atoms with Gasteiger partial charge in [-0.15, -0.1) is 0 Å². The molecule has 0 saturated heterocycles. The van der Waals surface area contributed by atoms with E-state index < -0.39 is 13.0 Å². The monoisotopic (exact) mass is 244 g/mol. The van der Waals surface area contributed by atoms with Crippen LogP contribution in [-0.4, -0.2) is 34.6 Å². The van der Waals surface area contributed by atoms with Crippen molar-refractivity contribution in [3.63, 3.8) is 0 Å². The Hall–Kier alpha value is -1.37. The zero-order valence-electron chi connectivity index (χ0n) is 9.27. The topological polar surface area (TPSA) is 73.9 Å². The lowest BCUT2D eigenvalue weighted by Gasteiger charge is -2.05. The second kappa shape index (κ2) is 5.31. The van der Waals surface area contributed by atoms with Crippen molar-refractivity contribution in [1.82, 2.24) is 15.0 Å². The lowest BCUT2D eigenvalue weighted by molar-refractivity contribution is 0.0182. The van der Waals surface area contributed by atoms with E-state index in [2.05, 4.69) is 15.0 Å². The summed E-state index contributed by atoms with van der Waals surface area (Å²) in [6.45, 7) is -0.395. The number of nitrogen functional groups attached to an aromatic ring is 1. The predicted octanol–water partition coefficient (Wildman–Crippen LogP) is 1.16. The van der Waals surface area contributed by atoms with Crippen LogP contribution in [0.2, 0.25) is 0 Å². The molecule has 0 amide bonds. The van der Waals surface area contributed by atoms with Gasteiger partial charge in [-0.1, -0.05) is 0 Å². The second-order valence-electron chi connectivity index (χ2n) is 3.96. The van der Waals surface area contributed by atoms with E-state index in [0.717, 1.165) is 12.8 Å². The summed E-state index contributed by atoms with van der Waals surface area (Å²) in [5, 5.41) is 0. The summed E-state index contributed by atoms with van der Waals surface area (Å²) < 4.78 is 28.4. The van der Waals surface area contributed by atoms with E-state index in [1.165, 1.54) is 0 Å². The van der Waals surface area contributed by atoms with Crippen LogP contribution in [0.15, 0.2) is 0 Å². The standard InChI is InChI=1S/C10H14F2N4O/c11-7(12)5-17-4-3-8-14-9(6-1-2-6)16-10(13)15-8/h6-7H,1-5H2,(H2,13,14,15,16). The first-order valence-corrected chi connectivity index (χ1v) is 5.51. The van der Waals surface area contributed by atoms with Crippen LogP contribution < -0.4 is 5.73 Å². The van der Waals surface area contributed by atoms with Gasteiger partial charge in [0, 0.05) is 12.3 Å². The molecule has 1 fully saturated rings. The fourth-order valence-electron chi connectivity index (χ4n) is 1.43. The van der Waals surface area contributed by atoms with Crippen molar-refractivity contribution in [3.8, 4) is 0 Å². The number of hydrogen-bond acceptors (Lipinski definition) is 5. The van der Waals surface area contributed by atoms with Gasteiger partial charge in [0.1, 0.15) is 18.3 Å². The summed E-state index contributed by atoms with van der Waals surface area (Å²) in [6, 6.07) is 0. The fourth-order valence-corrected chi connectivity index (χ4v) is 1.43. The molecule has 1 heterocycles. The van der Waals surface area contributed by atoms with E-state index in [4.69, 9.17) is 10.5 Å². The zero-order valence-corrected chi connectivity index (χ0v) is 9.27. The first-order chi connectivity index (χ1) is 8.15. The molecule has 0 radical (unpaired) electrons. The number of ether oxygens (including phenoxy) is 1. The zero-order chi connectivity index (χ0) is 12.3. The van der Waals surface area contributed by atoms with Gasteiger partial charge in [-0.05, 0) is 12.8 Å². The van der Waals surface area contributed by atoms with Crippen LogP contribution in [0.4, 0.5) is 14.7 Å². The number of nitrogens with zero attached hydrogens (tertiary/aromatic N) is 3. The molecule has 0 aliphatic heterocycles. The third-order valence-electron chi connectivity index (χ3n) is 2.37. The number of rotatable bonds is 6. The Morgan fingerprint density at radius 3 is 2.71 bits per heavy atom. The predicted molar refractivity (Wildman–Crippen MR) is 56.7 cm³/mol. The molecule has 1 aromatic rings. The maximum Gasteiger partial charge on any atom is 0.261 e. The largest absolute Gasteiger partial charge is 0.375 e. The molecule has 5 nitrogen and oxygen atoms in total. The Morgan fingerprint density at radius 2 is 2.06 bits per heavy atom. The Labute approximate surface area is 97.4 Å². The van der Waals surface area contributed by atoms with Gasteiger partial charge in [0.25, 0.3) is 6.43 Å². The van der Waals surface area contributed by atoms with Crippen molar-refractivity contribution in [1.29, 1.82) is 0 Å². The van der Waals surface area contributed by atoms with Crippen LogP contribution in [0, 0.1) is 0 Å². The van der Waals surface area contributed by atoms with Crippen molar-refractivity contribution in [3.05, 3.63) is 11.6 Å². The second-order valence-corrected chi connectivity index (χ2v) is 3.96. The number of nitrogens with two attached hydrogens (primary N) is 1. The summed E-state index contributed by atoms with van der Waals surface area (Å²) in [6.07, 6.45) is 0.0785. The van der Waals surface area contributed by atoms with Gasteiger partial charge in [0.15, 0.2) is 0 Å². The summed E-state index contributed by atoms with van der Waals surface area (Å²) in [5.74, 6) is 1.79. The van der Waals surface area contributed by atoms with E-state index in [-0.39, 0.29) is 12.6 Å². The molecule has 1 aliphatic carbocycles. The first-order valence-electron chi connectivity index (χ1n) is 5.51. The molecule has 0 unspecified atom stereocenters. The molecule has 2 rings (SSSR count). The fraction of sp³-hybridized carbons (Fsp3) is 0.700. The van der Waals surface area contributed by atoms with E-state index in [1.54, 1.807) is 0 Å². The summed E-state index contributed by atoms with van der Waals surface area (Å²) in [5.41, 5.74) is 5.55. The molecule has 0 bridgehead atoms. The Kier molecular flexibility index (Phi) is 3.78. The van der Waals surface area contributed by atoms with Gasteiger partial charge in [0.2, 0.25) is 5.95 Å². The van der Waals surface area contributed by atoms with Crippen LogP contribution in [0.5, 0.6) is 0 Å². The van der Waals surface area contributed by atoms with Crippen molar-refractivity contribution in [2.75, 3.05) is 18.9 Å². The molecule has 1 aromatic heterocycles. The molecular weight excluding hydrogens is 230 g/mol. The van der Waals surface area contributed by atoms with Crippen molar-refractivity contribution < 1.29 is 13.5 Å². The molecule has 94 valence electrons. The highest BCUT2D eigenvalue weighted by Crippen LogP contribution is 2.37.